The molecule has 1 fully saturated rings. The van der Waals surface area contributed by atoms with Crippen molar-refractivity contribution in [3.8, 4) is 0 Å². The number of amidine groups is 1. The van der Waals surface area contributed by atoms with E-state index in [-0.39, 0.29) is 6.04 Å². The zero-order valence-corrected chi connectivity index (χ0v) is 9.12. The molecule has 3 N–H and O–H groups in total. The third-order valence-corrected chi connectivity index (χ3v) is 2.28. The van der Waals surface area contributed by atoms with E-state index in [0.29, 0.717) is 6.10 Å². The minimum absolute atomic E-state index is 0.282. The summed E-state index contributed by atoms with van der Waals surface area (Å²) < 4.78 is 5.62. The zero-order chi connectivity index (χ0) is 10.4. The molecule has 0 bridgehead atoms. The van der Waals surface area contributed by atoms with E-state index in [4.69, 9.17) is 10.6 Å². The van der Waals surface area contributed by atoms with Gasteiger partial charge in [-0.1, -0.05) is 0 Å². The van der Waals surface area contributed by atoms with Gasteiger partial charge in [-0.2, -0.15) is 0 Å². The van der Waals surface area contributed by atoms with Crippen molar-refractivity contribution >= 4 is 5.84 Å². The number of hydrogen-bond acceptors (Lipinski definition) is 3. The molecular weight excluding hydrogens is 178 g/mol. The monoisotopic (exact) mass is 199 g/mol. The van der Waals surface area contributed by atoms with Crippen LogP contribution in [0.2, 0.25) is 0 Å². The maximum absolute atomic E-state index is 5.62. The smallest absolute Gasteiger partial charge is 0.113 e. The predicted molar refractivity (Wildman–Crippen MR) is 58.1 cm³/mol. The quantitative estimate of drug-likeness (QED) is 0.311. The van der Waals surface area contributed by atoms with E-state index in [9.17, 15) is 0 Å². The lowest BCUT2D eigenvalue weighted by molar-refractivity contribution is 0.0206. The molecule has 0 aromatic carbocycles. The molecule has 1 aliphatic heterocycles. The zero-order valence-electron chi connectivity index (χ0n) is 9.12. The Kier molecular flexibility index (Phi) is 4.90. The molecule has 0 saturated carbocycles. The third kappa shape index (κ3) is 4.07. The molecule has 14 heavy (non-hydrogen) atoms. The molecule has 1 heterocycles. The summed E-state index contributed by atoms with van der Waals surface area (Å²) >= 11 is 0. The predicted octanol–water partition coefficient (Wildman–Crippen LogP) is 1.22. The first-order valence-electron chi connectivity index (χ1n) is 5.37. The number of nitrogens with one attached hydrogen (secondary N) is 1. The fraction of sp³-hybridized carbons (Fsp3) is 0.900. The van der Waals surface area contributed by atoms with Crippen LogP contribution < -0.4 is 11.3 Å². The minimum atomic E-state index is 0.282. The molecular formula is C10H21N3O. The van der Waals surface area contributed by atoms with Gasteiger partial charge in [-0.25, -0.2) is 5.84 Å². The van der Waals surface area contributed by atoms with Crippen molar-refractivity contribution in [1.29, 1.82) is 0 Å². The Morgan fingerprint density at radius 2 is 2.36 bits per heavy atom. The van der Waals surface area contributed by atoms with Crippen LogP contribution in [-0.2, 0) is 4.74 Å². The Balaban J connectivity index is 2.38. The number of aliphatic imine (C=N–C) groups is 1. The van der Waals surface area contributed by atoms with Crippen molar-refractivity contribution in [1.82, 2.24) is 5.43 Å². The molecule has 0 spiro atoms. The summed E-state index contributed by atoms with van der Waals surface area (Å²) in [6.45, 7) is 4.96. The molecule has 4 heteroatoms. The van der Waals surface area contributed by atoms with Crippen molar-refractivity contribution in [2.45, 2.75) is 51.7 Å². The lowest BCUT2D eigenvalue weighted by atomic mass is 10.1. The number of rotatable bonds is 3. The molecule has 82 valence electrons. The second-order valence-electron chi connectivity index (χ2n) is 4.01. The number of hydrogen-bond donors (Lipinski definition) is 2. The second-order valence-corrected chi connectivity index (χ2v) is 4.01. The number of nitrogens with zero attached hydrogens (tertiary/aromatic N) is 1. The van der Waals surface area contributed by atoms with Crippen LogP contribution in [0.15, 0.2) is 4.99 Å². The lowest BCUT2D eigenvalue weighted by Gasteiger charge is -2.23. The highest BCUT2D eigenvalue weighted by Gasteiger charge is 2.15. The first-order valence-corrected chi connectivity index (χ1v) is 5.37. The van der Waals surface area contributed by atoms with Crippen LogP contribution in [0.5, 0.6) is 0 Å². The second kappa shape index (κ2) is 5.98. The summed E-state index contributed by atoms with van der Waals surface area (Å²) in [7, 11) is 0. The lowest BCUT2D eigenvalue weighted by Crippen LogP contribution is -2.35. The summed E-state index contributed by atoms with van der Waals surface area (Å²) in [5.41, 5.74) is 2.65. The Morgan fingerprint density at radius 3 is 2.86 bits per heavy atom. The van der Waals surface area contributed by atoms with Crippen LogP contribution in [0.25, 0.3) is 0 Å². The largest absolute Gasteiger partial charge is 0.378 e. The SMILES string of the molecule is CC(C)N=C(CC1CCCCO1)NN. The summed E-state index contributed by atoms with van der Waals surface area (Å²) in [6.07, 6.45) is 4.68. The maximum Gasteiger partial charge on any atom is 0.113 e. The van der Waals surface area contributed by atoms with Crippen LogP contribution in [0.4, 0.5) is 0 Å². The van der Waals surface area contributed by atoms with Crippen LogP contribution in [0.3, 0.4) is 0 Å². The van der Waals surface area contributed by atoms with Gasteiger partial charge in [0.15, 0.2) is 0 Å². The minimum Gasteiger partial charge on any atom is -0.378 e. The molecule has 0 aliphatic carbocycles. The summed E-state index contributed by atoms with van der Waals surface area (Å²) in [4.78, 5) is 4.39. The molecule has 0 aromatic rings. The van der Waals surface area contributed by atoms with Crippen LogP contribution in [-0.4, -0.2) is 24.6 Å². The Labute approximate surface area is 85.9 Å². The van der Waals surface area contributed by atoms with E-state index in [1.54, 1.807) is 0 Å². The standard InChI is InChI=1S/C10H21N3O/c1-8(2)12-10(13-11)7-9-5-3-4-6-14-9/h8-9H,3-7,11H2,1-2H3,(H,12,13). The van der Waals surface area contributed by atoms with Gasteiger partial charge in [0.1, 0.15) is 5.84 Å². The van der Waals surface area contributed by atoms with Gasteiger partial charge in [-0.3, -0.25) is 4.99 Å². The fourth-order valence-electron chi connectivity index (χ4n) is 1.64. The topological polar surface area (TPSA) is 59.6 Å². The summed E-state index contributed by atoms with van der Waals surface area (Å²) in [6, 6.07) is 0.282. The Hall–Kier alpha value is -0.610. The average molecular weight is 199 g/mol. The highest BCUT2D eigenvalue weighted by molar-refractivity contribution is 5.82. The van der Waals surface area contributed by atoms with Gasteiger partial charge in [0.25, 0.3) is 0 Å². The molecule has 1 saturated heterocycles. The van der Waals surface area contributed by atoms with Crippen molar-refractivity contribution in [3.63, 3.8) is 0 Å². The van der Waals surface area contributed by atoms with Gasteiger partial charge in [0.2, 0.25) is 0 Å². The van der Waals surface area contributed by atoms with Gasteiger partial charge in [0.05, 0.1) is 6.10 Å². The first kappa shape index (κ1) is 11.5. The van der Waals surface area contributed by atoms with Crippen molar-refractivity contribution in [3.05, 3.63) is 0 Å². The molecule has 0 aromatic heterocycles. The molecule has 0 amide bonds. The molecule has 1 atom stereocenters. The Morgan fingerprint density at radius 1 is 1.57 bits per heavy atom. The molecule has 0 radical (unpaired) electrons. The normalized spacial score (nSPS) is 24.0. The van der Waals surface area contributed by atoms with Gasteiger partial charge < -0.3 is 10.2 Å². The summed E-state index contributed by atoms with van der Waals surface area (Å²) in [5, 5.41) is 0. The van der Waals surface area contributed by atoms with Crippen LogP contribution >= 0.6 is 0 Å². The van der Waals surface area contributed by atoms with Crippen molar-refractivity contribution in [2.24, 2.45) is 10.8 Å². The van der Waals surface area contributed by atoms with Gasteiger partial charge in [-0.15, -0.1) is 0 Å². The maximum atomic E-state index is 5.62. The van der Waals surface area contributed by atoms with Gasteiger partial charge in [-0.05, 0) is 33.1 Å². The molecule has 4 nitrogen and oxygen atoms in total. The van der Waals surface area contributed by atoms with Gasteiger partial charge in [0, 0.05) is 19.1 Å². The molecule has 1 aliphatic rings. The van der Waals surface area contributed by atoms with E-state index in [1.807, 2.05) is 13.8 Å². The highest BCUT2D eigenvalue weighted by atomic mass is 16.5. The Bertz CT molecular complexity index is 186. The van der Waals surface area contributed by atoms with E-state index in [2.05, 4.69) is 10.4 Å². The van der Waals surface area contributed by atoms with Crippen LogP contribution in [0, 0.1) is 0 Å². The van der Waals surface area contributed by atoms with Gasteiger partial charge >= 0.3 is 0 Å². The van der Waals surface area contributed by atoms with E-state index in [0.717, 1.165) is 25.3 Å². The molecule has 1 unspecified atom stereocenters. The number of hydrazine groups is 1. The third-order valence-electron chi connectivity index (χ3n) is 2.28. The van der Waals surface area contributed by atoms with Crippen molar-refractivity contribution in [2.75, 3.05) is 6.61 Å². The van der Waals surface area contributed by atoms with E-state index in [1.165, 1.54) is 12.8 Å². The van der Waals surface area contributed by atoms with E-state index >= 15 is 0 Å². The van der Waals surface area contributed by atoms with E-state index < -0.39 is 0 Å². The fourth-order valence-corrected chi connectivity index (χ4v) is 1.64. The van der Waals surface area contributed by atoms with Crippen molar-refractivity contribution < 1.29 is 4.74 Å². The van der Waals surface area contributed by atoms with Crippen LogP contribution in [0.1, 0.15) is 39.5 Å². The summed E-state index contributed by atoms with van der Waals surface area (Å²) in [5.74, 6) is 6.26. The highest BCUT2D eigenvalue weighted by Crippen LogP contribution is 2.15. The number of nitrogens with two attached hydrogens (primary N) is 1. The molecule has 1 rings (SSSR count). The number of ether oxygens (including phenoxy) is 1. The first-order chi connectivity index (χ1) is 6.72. The average Bonchev–Trinajstić information content (AvgIpc) is 2.17.